The Morgan fingerprint density at radius 1 is 1.47 bits per heavy atom. The van der Waals surface area contributed by atoms with E-state index in [1.54, 1.807) is 30.2 Å². The lowest BCUT2D eigenvalue weighted by molar-refractivity contribution is 0.200. The van der Waals surface area contributed by atoms with E-state index in [4.69, 9.17) is 9.47 Å². The number of rotatable bonds is 6. The Hall–Kier alpha value is -1.95. The number of ether oxygens (including phenoxy) is 2. The van der Waals surface area contributed by atoms with Gasteiger partial charge >= 0.3 is 6.03 Å². The van der Waals surface area contributed by atoms with Crippen LogP contribution in [0.25, 0.3) is 0 Å². The van der Waals surface area contributed by atoms with Crippen molar-refractivity contribution in [2.75, 3.05) is 33.4 Å². The number of nitrogens with zero attached hydrogens (tertiary/aromatic N) is 1. The van der Waals surface area contributed by atoms with Crippen LogP contribution in [-0.2, 0) is 6.61 Å². The standard InChI is InChI=1S/C13H18N2O4/c1-18-11-2-3-12(10(8-11)9-16)19-7-6-15-5-4-14-13(15)17/h2-3,8,16H,4-7,9H2,1H3,(H,14,17). The Morgan fingerprint density at radius 3 is 2.95 bits per heavy atom. The zero-order valence-corrected chi connectivity index (χ0v) is 10.9. The molecular weight excluding hydrogens is 248 g/mol. The third-order valence-electron chi connectivity index (χ3n) is 3.00. The third kappa shape index (κ3) is 3.29. The van der Waals surface area contributed by atoms with Gasteiger partial charge in [-0.15, -0.1) is 0 Å². The molecule has 1 aromatic rings. The molecule has 0 saturated carbocycles. The zero-order chi connectivity index (χ0) is 13.7. The second-order valence-electron chi connectivity index (χ2n) is 4.20. The number of aliphatic hydroxyl groups excluding tert-OH is 1. The van der Waals surface area contributed by atoms with Gasteiger partial charge in [0.05, 0.1) is 20.3 Å². The van der Waals surface area contributed by atoms with Crippen LogP contribution in [0.5, 0.6) is 11.5 Å². The van der Waals surface area contributed by atoms with E-state index < -0.39 is 0 Å². The highest BCUT2D eigenvalue weighted by molar-refractivity contribution is 5.76. The number of urea groups is 1. The molecule has 0 spiro atoms. The van der Waals surface area contributed by atoms with Crippen molar-refractivity contribution in [1.29, 1.82) is 0 Å². The Bertz CT molecular complexity index is 450. The van der Waals surface area contributed by atoms with E-state index in [9.17, 15) is 9.90 Å². The van der Waals surface area contributed by atoms with Crippen molar-refractivity contribution in [3.8, 4) is 11.5 Å². The molecule has 6 nitrogen and oxygen atoms in total. The van der Waals surface area contributed by atoms with E-state index in [-0.39, 0.29) is 12.6 Å². The summed E-state index contributed by atoms with van der Waals surface area (Å²) in [4.78, 5) is 13.0. The Balaban J connectivity index is 1.90. The van der Waals surface area contributed by atoms with Crippen LogP contribution in [0.2, 0.25) is 0 Å². The van der Waals surface area contributed by atoms with Crippen LogP contribution in [0.3, 0.4) is 0 Å². The van der Waals surface area contributed by atoms with Crippen molar-refractivity contribution < 1.29 is 19.4 Å². The lowest BCUT2D eigenvalue weighted by Gasteiger charge is -2.16. The molecule has 104 valence electrons. The Kier molecular flexibility index (Phi) is 4.46. The first-order valence-electron chi connectivity index (χ1n) is 6.18. The Morgan fingerprint density at radius 2 is 2.32 bits per heavy atom. The molecule has 2 rings (SSSR count). The number of methoxy groups -OCH3 is 1. The summed E-state index contributed by atoms with van der Waals surface area (Å²) in [5, 5.41) is 12.0. The van der Waals surface area contributed by atoms with Gasteiger partial charge in [-0.25, -0.2) is 4.79 Å². The molecule has 0 radical (unpaired) electrons. The molecular formula is C13H18N2O4. The van der Waals surface area contributed by atoms with Gasteiger partial charge in [-0.1, -0.05) is 0 Å². The van der Waals surface area contributed by atoms with E-state index in [0.29, 0.717) is 43.3 Å². The summed E-state index contributed by atoms with van der Waals surface area (Å²) in [6, 6.07) is 5.21. The largest absolute Gasteiger partial charge is 0.497 e. The highest BCUT2D eigenvalue weighted by Crippen LogP contribution is 2.24. The minimum absolute atomic E-state index is 0.0549. The highest BCUT2D eigenvalue weighted by Gasteiger charge is 2.18. The molecule has 0 aromatic heterocycles. The summed E-state index contributed by atoms with van der Waals surface area (Å²) in [5.74, 6) is 1.29. The number of benzene rings is 1. The average molecular weight is 266 g/mol. The summed E-state index contributed by atoms with van der Waals surface area (Å²) in [6.45, 7) is 2.20. The van der Waals surface area contributed by atoms with Crippen LogP contribution in [-0.4, -0.2) is 49.4 Å². The van der Waals surface area contributed by atoms with E-state index in [2.05, 4.69) is 5.32 Å². The molecule has 0 aliphatic carbocycles. The predicted octanol–water partition coefficient (Wildman–Crippen LogP) is 0.592. The molecule has 1 aliphatic rings. The van der Waals surface area contributed by atoms with Crippen molar-refractivity contribution in [2.24, 2.45) is 0 Å². The topological polar surface area (TPSA) is 71.0 Å². The summed E-state index contributed by atoms with van der Waals surface area (Å²) in [6.07, 6.45) is 0. The minimum atomic E-state index is -0.114. The smallest absolute Gasteiger partial charge is 0.317 e. The van der Waals surface area contributed by atoms with Gasteiger partial charge < -0.3 is 24.8 Å². The second kappa shape index (κ2) is 6.29. The van der Waals surface area contributed by atoms with Gasteiger partial charge in [0.25, 0.3) is 0 Å². The van der Waals surface area contributed by atoms with Crippen LogP contribution in [0.1, 0.15) is 5.56 Å². The van der Waals surface area contributed by atoms with Crippen LogP contribution in [0.4, 0.5) is 4.79 Å². The average Bonchev–Trinajstić information content (AvgIpc) is 2.84. The normalized spacial score (nSPS) is 14.4. The van der Waals surface area contributed by atoms with Crippen LogP contribution in [0.15, 0.2) is 18.2 Å². The Labute approximate surface area is 111 Å². The highest BCUT2D eigenvalue weighted by atomic mass is 16.5. The first-order valence-corrected chi connectivity index (χ1v) is 6.18. The zero-order valence-electron chi connectivity index (χ0n) is 10.9. The summed E-state index contributed by atoms with van der Waals surface area (Å²) in [5.41, 5.74) is 0.672. The third-order valence-corrected chi connectivity index (χ3v) is 3.00. The van der Waals surface area contributed by atoms with Crippen molar-refractivity contribution >= 4 is 6.03 Å². The van der Waals surface area contributed by atoms with Gasteiger partial charge in [0.2, 0.25) is 0 Å². The summed E-state index contributed by atoms with van der Waals surface area (Å²) in [7, 11) is 1.57. The van der Waals surface area contributed by atoms with E-state index in [0.717, 1.165) is 0 Å². The summed E-state index contributed by atoms with van der Waals surface area (Å²) < 4.78 is 10.7. The lowest BCUT2D eigenvalue weighted by Crippen LogP contribution is -2.31. The van der Waals surface area contributed by atoms with E-state index in [1.165, 1.54) is 0 Å². The van der Waals surface area contributed by atoms with E-state index in [1.807, 2.05) is 0 Å². The van der Waals surface area contributed by atoms with Gasteiger partial charge in [0.15, 0.2) is 0 Å². The predicted molar refractivity (Wildman–Crippen MR) is 69.4 cm³/mol. The molecule has 0 atom stereocenters. The van der Waals surface area contributed by atoms with Crippen LogP contribution >= 0.6 is 0 Å². The quantitative estimate of drug-likeness (QED) is 0.790. The molecule has 1 aliphatic heterocycles. The van der Waals surface area contributed by atoms with Gasteiger partial charge in [-0.05, 0) is 18.2 Å². The maximum Gasteiger partial charge on any atom is 0.317 e. The van der Waals surface area contributed by atoms with Gasteiger partial charge in [0, 0.05) is 18.7 Å². The molecule has 1 fully saturated rings. The van der Waals surface area contributed by atoms with E-state index >= 15 is 0 Å². The minimum Gasteiger partial charge on any atom is -0.497 e. The maximum atomic E-state index is 11.3. The number of carbonyl (C=O) groups excluding carboxylic acids is 1. The molecule has 0 unspecified atom stereocenters. The maximum absolute atomic E-state index is 11.3. The fourth-order valence-electron chi connectivity index (χ4n) is 1.94. The van der Waals surface area contributed by atoms with Crippen molar-refractivity contribution in [2.45, 2.75) is 6.61 Å². The molecule has 1 saturated heterocycles. The summed E-state index contributed by atoms with van der Waals surface area (Å²) >= 11 is 0. The lowest BCUT2D eigenvalue weighted by atomic mass is 10.2. The molecule has 1 aromatic carbocycles. The second-order valence-corrected chi connectivity index (χ2v) is 4.20. The number of hydrogen-bond donors (Lipinski definition) is 2. The van der Waals surface area contributed by atoms with Gasteiger partial charge in [-0.2, -0.15) is 0 Å². The number of aliphatic hydroxyl groups is 1. The van der Waals surface area contributed by atoms with Crippen molar-refractivity contribution in [1.82, 2.24) is 10.2 Å². The van der Waals surface area contributed by atoms with Crippen molar-refractivity contribution in [3.05, 3.63) is 23.8 Å². The molecule has 2 amide bonds. The number of amides is 2. The van der Waals surface area contributed by atoms with Crippen LogP contribution < -0.4 is 14.8 Å². The number of carbonyl (C=O) groups is 1. The number of hydrogen-bond acceptors (Lipinski definition) is 4. The molecule has 6 heteroatoms. The molecule has 19 heavy (non-hydrogen) atoms. The van der Waals surface area contributed by atoms with Gasteiger partial charge in [0.1, 0.15) is 18.1 Å². The SMILES string of the molecule is COc1ccc(OCCN2CCNC2=O)c(CO)c1. The first-order chi connectivity index (χ1) is 9.24. The molecule has 1 heterocycles. The number of nitrogens with one attached hydrogen (secondary N) is 1. The van der Waals surface area contributed by atoms with Crippen molar-refractivity contribution in [3.63, 3.8) is 0 Å². The fourth-order valence-corrected chi connectivity index (χ4v) is 1.94. The molecule has 0 bridgehead atoms. The molecule has 2 N–H and O–H groups in total. The monoisotopic (exact) mass is 266 g/mol. The first kappa shape index (κ1) is 13.5. The van der Waals surface area contributed by atoms with Gasteiger partial charge in [-0.3, -0.25) is 0 Å². The fraction of sp³-hybridized carbons (Fsp3) is 0.462. The van der Waals surface area contributed by atoms with Crippen LogP contribution in [0, 0.1) is 0 Å².